The van der Waals surface area contributed by atoms with E-state index >= 15 is 0 Å². The van der Waals surface area contributed by atoms with E-state index in [1.807, 2.05) is 80.6 Å². The molecule has 0 atom stereocenters. The summed E-state index contributed by atoms with van der Waals surface area (Å²) >= 11 is 0. The molecule has 0 aliphatic carbocycles. The molecule has 4 nitrogen and oxygen atoms in total. The molecule has 3 aromatic carbocycles. The van der Waals surface area contributed by atoms with Crippen molar-refractivity contribution in [1.82, 2.24) is 0 Å². The number of carbonyl (C=O) groups is 2. The first-order chi connectivity index (χ1) is 13.5. The number of esters is 1. The highest BCUT2D eigenvalue weighted by Crippen LogP contribution is 2.19. The monoisotopic (exact) mass is 373 g/mol. The lowest BCUT2D eigenvalue weighted by atomic mass is 10.0. The molecule has 1 amide bonds. The molecular weight excluding hydrogens is 350 g/mol. The number of hydrogen-bond donors (Lipinski definition) is 1. The third-order valence-electron chi connectivity index (χ3n) is 4.48. The zero-order valence-electron chi connectivity index (χ0n) is 16.1. The minimum atomic E-state index is -0.492. The first-order valence-corrected chi connectivity index (χ1v) is 9.19. The van der Waals surface area contributed by atoms with Gasteiger partial charge in [0.1, 0.15) is 0 Å². The lowest BCUT2D eigenvalue weighted by Crippen LogP contribution is -2.22. The third-order valence-corrected chi connectivity index (χ3v) is 4.48. The average Bonchev–Trinajstić information content (AvgIpc) is 2.70. The average molecular weight is 373 g/mol. The van der Waals surface area contributed by atoms with Gasteiger partial charge in [0.2, 0.25) is 0 Å². The first-order valence-electron chi connectivity index (χ1n) is 9.19. The summed E-state index contributed by atoms with van der Waals surface area (Å²) in [6.45, 7) is 3.43. The summed E-state index contributed by atoms with van der Waals surface area (Å²) in [5, 5.41) is 2.85. The van der Waals surface area contributed by atoms with Gasteiger partial charge in [-0.3, -0.25) is 4.79 Å². The van der Waals surface area contributed by atoms with Gasteiger partial charge in [-0.25, -0.2) is 4.79 Å². The molecule has 1 N–H and O–H groups in total. The van der Waals surface area contributed by atoms with Gasteiger partial charge in [-0.2, -0.15) is 0 Å². The third kappa shape index (κ3) is 5.07. The van der Waals surface area contributed by atoms with E-state index in [1.54, 1.807) is 6.07 Å². The van der Waals surface area contributed by atoms with Crippen LogP contribution in [-0.2, 0) is 16.0 Å². The van der Waals surface area contributed by atoms with Crippen LogP contribution in [0.15, 0.2) is 72.8 Å². The van der Waals surface area contributed by atoms with Crippen LogP contribution < -0.4 is 5.32 Å². The van der Waals surface area contributed by atoms with Gasteiger partial charge in [0.25, 0.3) is 5.91 Å². The van der Waals surface area contributed by atoms with E-state index in [1.165, 1.54) is 0 Å². The van der Waals surface area contributed by atoms with Gasteiger partial charge in [0, 0.05) is 5.69 Å². The Morgan fingerprint density at radius 2 is 1.61 bits per heavy atom. The van der Waals surface area contributed by atoms with Gasteiger partial charge in [0.15, 0.2) is 6.61 Å². The van der Waals surface area contributed by atoms with Crippen molar-refractivity contribution in [2.45, 2.75) is 20.3 Å². The van der Waals surface area contributed by atoms with Crippen LogP contribution in [0, 0.1) is 13.8 Å². The lowest BCUT2D eigenvalue weighted by Gasteiger charge is -2.12. The molecule has 3 aromatic rings. The predicted molar refractivity (Wildman–Crippen MR) is 111 cm³/mol. The molecule has 0 bridgehead atoms. The molecule has 0 saturated heterocycles. The first kappa shape index (κ1) is 19.4. The highest BCUT2D eigenvalue weighted by molar-refractivity contribution is 5.96. The Balaban J connectivity index is 1.62. The Bertz CT molecular complexity index is 980. The smallest absolute Gasteiger partial charge is 0.338 e. The van der Waals surface area contributed by atoms with Crippen molar-refractivity contribution in [1.29, 1.82) is 0 Å². The lowest BCUT2D eigenvalue weighted by molar-refractivity contribution is -0.119. The van der Waals surface area contributed by atoms with Gasteiger partial charge in [0.05, 0.1) is 5.56 Å². The van der Waals surface area contributed by atoms with E-state index in [0.717, 1.165) is 27.9 Å². The second-order valence-corrected chi connectivity index (χ2v) is 6.76. The molecule has 0 spiro atoms. The molecule has 4 heteroatoms. The molecule has 0 unspecified atom stereocenters. The summed E-state index contributed by atoms with van der Waals surface area (Å²) in [5.41, 5.74) is 5.16. The van der Waals surface area contributed by atoms with Gasteiger partial charge < -0.3 is 10.1 Å². The van der Waals surface area contributed by atoms with Crippen molar-refractivity contribution in [3.05, 3.63) is 101 Å². The maximum absolute atomic E-state index is 12.3. The summed E-state index contributed by atoms with van der Waals surface area (Å²) in [6, 6.07) is 23.2. The summed E-state index contributed by atoms with van der Waals surface area (Å²) in [4.78, 5) is 24.6. The molecule has 0 aromatic heterocycles. The Kier molecular flexibility index (Phi) is 6.22. The topological polar surface area (TPSA) is 55.4 Å². The fraction of sp³-hybridized carbons (Fsp3) is 0.167. The summed E-state index contributed by atoms with van der Waals surface area (Å²) in [6.07, 6.45) is 0.708. The largest absolute Gasteiger partial charge is 0.452 e. The summed E-state index contributed by atoms with van der Waals surface area (Å²) < 4.78 is 5.21. The highest BCUT2D eigenvalue weighted by Gasteiger charge is 2.14. The number of hydrogen-bond acceptors (Lipinski definition) is 3. The number of para-hydroxylation sites is 1. The number of nitrogens with one attached hydrogen (secondary N) is 1. The predicted octanol–water partition coefficient (Wildman–Crippen LogP) is 4.69. The molecular formula is C24H23NO3. The van der Waals surface area contributed by atoms with E-state index < -0.39 is 5.97 Å². The molecule has 0 radical (unpaired) electrons. The van der Waals surface area contributed by atoms with Crippen LogP contribution in [0.25, 0.3) is 0 Å². The number of carbonyl (C=O) groups excluding carboxylic acids is 2. The zero-order chi connectivity index (χ0) is 19.9. The fourth-order valence-electron chi connectivity index (χ4n) is 2.96. The van der Waals surface area contributed by atoms with Gasteiger partial charge in [-0.1, -0.05) is 66.2 Å². The standard InChI is InChI=1S/C24H23NO3/c1-17-12-13-18(2)21(14-17)24(27)28-16-23(26)25-22-11-7-6-10-20(22)15-19-8-4-3-5-9-19/h3-14H,15-16H2,1-2H3,(H,25,26). The second kappa shape index (κ2) is 9.00. The Labute approximate surface area is 165 Å². The molecule has 28 heavy (non-hydrogen) atoms. The number of rotatable bonds is 6. The highest BCUT2D eigenvalue weighted by atomic mass is 16.5. The van der Waals surface area contributed by atoms with Crippen molar-refractivity contribution in [3.63, 3.8) is 0 Å². The van der Waals surface area contributed by atoms with Crippen molar-refractivity contribution < 1.29 is 14.3 Å². The molecule has 0 aliphatic heterocycles. The minimum Gasteiger partial charge on any atom is -0.452 e. The van der Waals surface area contributed by atoms with Crippen LogP contribution in [0.5, 0.6) is 0 Å². The summed E-state index contributed by atoms with van der Waals surface area (Å²) in [7, 11) is 0. The number of aryl methyl sites for hydroxylation is 2. The maximum atomic E-state index is 12.3. The van der Waals surface area contributed by atoms with E-state index in [0.29, 0.717) is 12.0 Å². The Morgan fingerprint density at radius 3 is 2.39 bits per heavy atom. The van der Waals surface area contributed by atoms with Crippen molar-refractivity contribution in [3.8, 4) is 0 Å². The maximum Gasteiger partial charge on any atom is 0.338 e. The van der Waals surface area contributed by atoms with E-state index in [4.69, 9.17) is 4.74 Å². The quantitative estimate of drug-likeness (QED) is 0.638. The second-order valence-electron chi connectivity index (χ2n) is 6.76. The van der Waals surface area contributed by atoms with Gasteiger partial charge in [-0.05, 0) is 49.1 Å². The van der Waals surface area contributed by atoms with Crippen LogP contribution in [0.4, 0.5) is 5.69 Å². The van der Waals surface area contributed by atoms with Crippen LogP contribution in [0.3, 0.4) is 0 Å². The molecule has 0 fully saturated rings. The van der Waals surface area contributed by atoms with Crippen molar-refractivity contribution in [2.24, 2.45) is 0 Å². The Hall–Kier alpha value is -3.40. The van der Waals surface area contributed by atoms with E-state index in [-0.39, 0.29) is 12.5 Å². The molecule has 3 rings (SSSR count). The van der Waals surface area contributed by atoms with Crippen LogP contribution >= 0.6 is 0 Å². The normalized spacial score (nSPS) is 10.4. The van der Waals surface area contributed by atoms with Gasteiger partial charge >= 0.3 is 5.97 Å². The van der Waals surface area contributed by atoms with Crippen LogP contribution in [0.2, 0.25) is 0 Å². The number of benzene rings is 3. The number of ether oxygens (including phenoxy) is 1. The van der Waals surface area contributed by atoms with Gasteiger partial charge in [-0.15, -0.1) is 0 Å². The zero-order valence-corrected chi connectivity index (χ0v) is 16.1. The van der Waals surface area contributed by atoms with E-state index in [9.17, 15) is 9.59 Å². The number of amides is 1. The van der Waals surface area contributed by atoms with Crippen molar-refractivity contribution >= 4 is 17.6 Å². The Morgan fingerprint density at radius 1 is 0.893 bits per heavy atom. The molecule has 0 heterocycles. The van der Waals surface area contributed by atoms with Crippen LogP contribution in [0.1, 0.15) is 32.6 Å². The van der Waals surface area contributed by atoms with Crippen LogP contribution in [-0.4, -0.2) is 18.5 Å². The summed E-state index contributed by atoms with van der Waals surface area (Å²) in [5.74, 6) is -0.854. The van der Waals surface area contributed by atoms with Crippen molar-refractivity contribution in [2.75, 3.05) is 11.9 Å². The fourth-order valence-corrected chi connectivity index (χ4v) is 2.96. The minimum absolute atomic E-state index is 0.327. The molecule has 0 aliphatic rings. The molecule has 0 saturated carbocycles. The SMILES string of the molecule is Cc1ccc(C)c(C(=O)OCC(=O)Nc2ccccc2Cc2ccccc2)c1. The molecule has 142 valence electrons. The van der Waals surface area contributed by atoms with E-state index in [2.05, 4.69) is 5.32 Å². The number of anilines is 1.